The number of ether oxygens (including phenoxy) is 1. The topological polar surface area (TPSA) is 42.4 Å². The summed E-state index contributed by atoms with van der Waals surface area (Å²) in [5.41, 5.74) is 0.731. The molecule has 0 bridgehead atoms. The van der Waals surface area contributed by atoms with Gasteiger partial charge in [0.15, 0.2) is 0 Å². The van der Waals surface area contributed by atoms with Crippen molar-refractivity contribution in [2.75, 3.05) is 11.4 Å². The first-order valence-electron chi connectivity index (χ1n) is 10.5. The second-order valence-corrected chi connectivity index (χ2v) is 10.2. The summed E-state index contributed by atoms with van der Waals surface area (Å²) in [6.07, 6.45) is 11.6. The Labute approximate surface area is 168 Å². The van der Waals surface area contributed by atoms with Crippen molar-refractivity contribution in [2.45, 2.75) is 101 Å². The zero-order valence-corrected chi connectivity index (χ0v) is 18.1. The van der Waals surface area contributed by atoms with Crippen LogP contribution in [0.15, 0.2) is 17.2 Å². The molecule has 1 aromatic rings. The molecule has 0 spiro atoms. The number of rotatable bonds is 6. The van der Waals surface area contributed by atoms with Gasteiger partial charge < -0.3 is 4.74 Å². The molecule has 5 heteroatoms. The Morgan fingerprint density at radius 2 is 1.93 bits per heavy atom. The van der Waals surface area contributed by atoms with Crippen molar-refractivity contribution < 1.29 is 9.53 Å². The highest BCUT2D eigenvalue weighted by molar-refractivity contribution is 8.00. The lowest BCUT2D eigenvalue weighted by molar-refractivity contribution is 0.0579. The van der Waals surface area contributed by atoms with E-state index < -0.39 is 5.60 Å². The summed E-state index contributed by atoms with van der Waals surface area (Å²) in [5, 5.41) is 0.719. The quantitative estimate of drug-likeness (QED) is 0.553. The van der Waals surface area contributed by atoms with Crippen LogP contribution in [0.2, 0.25) is 0 Å². The predicted octanol–water partition coefficient (Wildman–Crippen LogP) is 6.54. The van der Waals surface area contributed by atoms with E-state index in [1.54, 1.807) is 4.90 Å². The zero-order valence-electron chi connectivity index (χ0n) is 17.3. The molecule has 0 aromatic carbocycles. The maximum absolute atomic E-state index is 12.8. The van der Waals surface area contributed by atoms with Gasteiger partial charge in [0, 0.05) is 22.9 Å². The van der Waals surface area contributed by atoms with Gasteiger partial charge in [0.05, 0.1) is 0 Å². The molecule has 0 aliphatic heterocycles. The number of pyridine rings is 1. The van der Waals surface area contributed by atoms with Crippen molar-refractivity contribution in [3.05, 3.63) is 17.8 Å². The molecule has 0 N–H and O–H groups in total. The predicted molar refractivity (Wildman–Crippen MR) is 113 cm³/mol. The molecule has 4 nitrogen and oxygen atoms in total. The maximum Gasteiger partial charge on any atom is 0.416 e. The van der Waals surface area contributed by atoms with Crippen LogP contribution < -0.4 is 4.90 Å². The van der Waals surface area contributed by atoms with Crippen LogP contribution in [0.3, 0.4) is 0 Å². The summed E-state index contributed by atoms with van der Waals surface area (Å²) < 4.78 is 5.66. The normalized spacial score (nSPS) is 18.4. The smallest absolute Gasteiger partial charge is 0.416 e. The Morgan fingerprint density at radius 1 is 1.22 bits per heavy atom. The molecule has 27 heavy (non-hydrogen) atoms. The van der Waals surface area contributed by atoms with Crippen molar-refractivity contribution in [1.82, 2.24) is 4.98 Å². The number of hydrogen-bond donors (Lipinski definition) is 0. The van der Waals surface area contributed by atoms with Gasteiger partial charge >= 0.3 is 6.09 Å². The van der Waals surface area contributed by atoms with E-state index in [-0.39, 0.29) is 6.09 Å². The van der Waals surface area contributed by atoms with Crippen molar-refractivity contribution >= 4 is 23.7 Å². The van der Waals surface area contributed by atoms with Crippen LogP contribution in [0.4, 0.5) is 10.6 Å². The fourth-order valence-electron chi connectivity index (χ4n) is 3.64. The summed E-state index contributed by atoms with van der Waals surface area (Å²) >= 11 is 1.98. The first kappa shape index (κ1) is 20.5. The molecule has 2 aliphatic rings. The minimum atomic E-state index is -0.500. The van der Waals surface area contributed by atoms with Gasteiger partial charge in [0.2, 0.25) is 0 Å². The van der Waals surface area contributed by atoms with Gasteiger partial charge in [-0.15, -0.1) is 11.8 Å². The first-order valence-corrected chi connectivity index (χ1v) is 11.4. The van der Waals surface area contributed by atoms with E-state index in [2.05, 4.69) is 13.0 Å². The highest BCUT2D eigenvalue weighted by atomic mass is 32.2. The number of amides is 1. The zero-order chi connectivity index (χ0) is 19.4. The second kappa shape index (κ2) is 8.85. The number of anilines is 1. The standard InChI is InChI=1S/C22H34N2O2S/c1-5-13-24(21(25)26-22(2,3)4)20-19(16-11-12-16)14-18(15-23-20)27-17-9-7-6-8-10-17/h14-17H,5-13H2,1-4H3. The first-order chi connectivity index (χ1) is 12.9. The van der Waals surface area contributed by atoms with Crippen molar-refractivity contribution in [3.8, 4) is 0 Å². The van der Waals surface area contributed by atoms with Crippen LogP contribution >= 0.6 is 11.8 Å². The molecule has 1 heterocycles. The Bertz CT molecular complexity index is 646. The number of hydrogen-bond acceptors (Lipinski definition) is 4. The molecule has 3 rings (SSSR count). The van der Waals surface area contributed by atoms with E-state index in [1.807, 2.05) is 38.7 Å². The number of carbonyl (C=O) groups excluding carboxylic acids is 1. The molecule has 1 aromatic heterocycles. The molecular weight excluding hydrogens is 356 g/mol. The molecule has 0 unspecified atom stereocenters. The molecule has 0 saturated heterocycles. The van der Waals surface area contributed by atoms with Crippen molar-refractivity contribution in [2.24, 2.45) is 0 Å². The Kier molecular flexibility index (Phi) is 6.72. The average Bonchev–Trinajstić information content (AvgIpc) is 3.44. The summed E-state index contributed by atoms with van der Waals surface area (Å²) in [6.45, 7) is 8.45. The average molecular weight is 391 g/mol. The number of thioether (sulfide) groups is 1. The van der Waals surface area contributed by atoms with Crippen molar-refractivity contribution in [3.63, 3.8) is 0 Å². The molecular formula is C22H34N2O2S. The van der Waals surface area contributed by atoms with E-state index in [1.165, 1.54) is 55.4 Å². The third-order valence-electron chi connectivity index (χ3n) is 5.06. The minimum absolute atomic E-state index is 0.286. The molecule has 150 valence electrons. The van der Waals surface area contributed by atoms with Crippen LogP contribution in [-0.2, 0) is 4.74 Å². The molecule has 0 radical (unpaired) electrons. The number of carbonyl (C=O) groups is 1. The van der Waals surface area contributed by atoms with Gasteiger partial charge in [-0.2, -0.15) is 0 Å². The van der Waals surface area contributed by atoms with Crippen LogP contribution in [0.5, 0.6) is 0 Å². The fourth-order valence-corrected chi connectivity index (χ4v) is 4.90. The monoisotopic (exact) mass is 390 g/mol. The van der Waals surface area contributed by atoms with E-state index in [9.17, 15) is 4.79 Å². The molecule has 2 fully saturated rings. The van der Waals surface area contributed by atoms with E-state index in [0.29, 0.717) is 12.5 Å². The number of nitrogens with zero attached hydrogens (tertiary/aromatic N) is 2. The molecule has 1 amide bonds. The molecule has 2 aliphatic carbocycles. The van der Waals surface area contributed by atoms with Gasteiger partial charge in [-0.25, -0.2) is 9.78 Å². The lowest BCUT2D eigenvalue weighted by atomic mass is 10.0. The molecule has 2 saturated carbocycles. The Morgan fingerprint density at radius 3 is 2.52 bits per heavy atom. The summed E-state index contributed by atoms with van der Waals surface area (Å²) in [5.74, 6) is 1.35. The third-order valence-corrected chi connectivity index (χ3v) is 6.36. The van der Waals surface area contributed by atoms with Crippen LogP contribution in [-0.4, -0.2) is 28.5 Å². The van der Waals surface area contributed by atoms with Crippen LogP contribution in [0, 0.1) is 0 Å². The largest absolute Gasteiger partial charge is 0.443 e. The summed E-state index contributed by atoms with van der Waals surface area (Å²) in [6, 6.07) is 2.30. The number of aromatic nitrogens is 1. The molecule has 0 atom stereocenters. The second-order valence-electron chi connectivity index (χ2n) is 8.87. The Balaban J connectivity index is 1.82. The maximum atomic E-state index is 12.8. The lowest BCUT2D eigenvalue weighted by Crippen LogP contribution is -2.38. The highest BCUT2D eigenvalue weighted by Crippen LogP contribution is 2.46. The SMILES string of the molecule is CCCN(C(=O)OC(C)(C)C)c1ncc(SC2CCCCC2)cc1C1CC1. The lowest BCUT2D eigenvalue weighted by Gasteiger charge is -2.28. The third kappa shape index (κ3) is 5.87. The van der Waals surface area contributed by atoms with Gasteiger partial charge in [-0.1, -0.05) is 26.2 Å². The fraction of sp³-hybridized carbons (Fsp3) is 0.727. The summed E-state index contributed by atoms with van der Waals surface area (Å²) in [7, 11) is 0. The van der Waals surface area contributed by atoms with Gasteiger partial charge in [0.25, 0.3) is 0 Å². The van der Waals surface area contributed by atoms with Gasteiger partial charge in [-0.3, -0.25) is 4.90 Å². The van der Waals surface area contributed by atoms with Crippen LogP contribution in [0.1, 0.15) is 90.5 Å². The van der Waals surface area contributed by atoms with Gasteiger partial charge in [0.1, 0.15) is 11.4 Å². The van der Waals surface area contributed by atoms with Gasteiger partial charge in [-0.05, 0) is 70.4 Å². The van der Waals surface area contributed by atoms with Crippen LogP contribution in [0.25, 0.3) is 0 Å². The van der Waals surface area contributed by atoms with Crippen molar-refractivity contribution in [1.29, 1.82) is 0 Å². The summed E-state index contributed by atoms with van der Waals surface area (Å²) in [4.78, 5) is 20.6. The Hall–Kier alpha value is -1.23. The van der Waals surface area contributed by atoms with E-state index >= 15 is 0 Å². The van der Waals surface area contributed by atoms with E-state index in [4.69, 9.17) is 9.72 Å². The highest BCUT2D eigenvalue weighted by Gasteiger charge is 2.32. The van der Waals surface area contributed by atoms with E-state index in [0.717, 1.165) is 17.5 Å². The minimum Gasteiger partial charge on any atom is -0.443 e.